The average molecular weight is 642 g/mol. The largest absolute Gasteiger partial charge is 0.487 e. The van der Waals surface area contributed by atoms with Crippen LogP contribution in [-0.2, 0) is 22.5 Å². The molecule has 46 heavy (non-hydrogen) atoms. The number of aromatic nitrogens is 3. The lowest BCUT2D eigenvalue weighted by Crippen LogP contribution is -2.51. The molecule has 3 heterocycles. The van der Waals surface area contributed by atoms with Gasteiger partial charge in [0, 0.05) is 28.3 Å². The topological polar surface area (TPSA) is 132 Å². The Balaban J connectivity index is 1.26. The van der Waals surface area contributed by atoms with Crippen molar-refractivity contribution < 1.29 is 41.4 Å². The number of amides is 2. The van der Waals surface area contributed by atoms with Crippen LogP contribution in [0.4, 0.5) is 22.0 Å². The van der Waals surface area contributed by atoms with E-state index in [-0.39, 0.29) is 28.6 Å². The van der Waals surface area contributed by atoms with E-state index in [4.69, 9.17) is 15.6 Å². The zero-order valence-electron chi connectivity index (χ0n) is 24.2. The van der Waals surface area contributed by atoms with E-state index < -0.39 is 59.5 Å². The van der Waals surface area contributed by atoms with Gasteiger partial charge in [-0.05, 0) is 86.1 Å². The Kier molecular flexibility index (Phi) is 6.85. The lowest BCUT2D eigenvalue weighted by atomic mass is 9.90. The van der Waals surface area contributed by atoms with Crippen molar-refractivity contribution in [1.82, 2.24) is 20.1 Å². The summed E-state index contributed by atoms with van der Waals surface area (Å²) >= 11 is 0. The molecule has 4 N–H and O–H groups in total. The third kappa shape index (κ3) is 5.13. The number of hydrogen-bond acceptors (Lipinski definition) is 6. The molecule has 1 aliphatic heterocycles. The van der Waals surface area contributed by atoms with E-state index >= 15 is 4.39 Å². The number of hydrogen-bond donors (Lipinski definition) is 3. The van der Waals surface area contributed by atoms with Crippen molar-refractivity contribution >= 4 is 22.7 Å². The second kappa shape index (κ2) is 10.5. The molecule has 7 rings (SSSR count). The van der Waals surface area contributed by atoms with Crippen molar-refractivity contribution in [3.05, 3.63) is 76.9 Å². The molecule has 0 unspecified atom stereocenters. The molecule has 2 amide bonds. The van der Waals surface area contributed by atoms with E-state index in [1.807, 2.05) is 10.9 Å². The summed E-state index contributed by atoms with van der Waals surface area (Å²) in [5, 5.41) is 18.8. The maximum Gasteiger partial charge on any atom is 0.424 e. The lowest BCUT2D eigenvalue weighted by molar-refractivity contribution is -0.265. The average Bonchev–Trinajstić information content (AvgIpc) is 3.95. The quantitative estimate of drug-likeness (QED) is 0.226. The van der Waals surface area contributed by atoms with Crippen LogP contribution < -0.4 is 15.8 Å². The van der Waals surface area contributed by atoms with Crippen LogP contribution in [0.1, 0.15) is 58.9 Å². The Labute approximate surface area is 258 Å². The number of nitrogens with zero attached hydrogens (tertiary/aromatic N) is 3. The Bertz CT molecular complexity index is 1890. The summed E-state index contributed by atoms with van der Waals surface area (Å²) in [6, 6.07) is 8.33. The minimum absolute atomic E-state index is 0.0185. The number of ether oxygens (including phenoxy) is 1. The van der Waals surface area contributed by atoms with E-state index in [0.717, 1.165) is 48.9 Å². The maximum absolute atomic E-state index is 15.8. The molecule has 2 saturated carbocycles. The Morgan fingerprint density at radius 2 is 1.83 bits per heavy atom. The molecule has 2 aromatic heterocycles. The fourth-order valence-corrected chi connectivity index (χ4v) is 5.76. The summed E-state index contributed by atoms with van der Waals surface area (Å²) in [7, 11) is 0. The third-order valence-corrected chi connectivity index (χ3v) is 8.81. The van der Waals surface area contributed by atoms with Crippen molar-refractivity contribution in [3.63, 3.8) is 0 Å². The number of primary amides is 1. The van der Waals surface area contributed by atoms with Gasteiger partial charge in [0.15, 0.2) is 5.75 Å². The van der Waals surface area contributed by atoms with Crippen LogP contribution in [0, 0.1) is 11.7 Å². The molecule has 2 atom stereocenters. The Morgan fingerprint density at radius 1 is 1.11 bits per heavy atom. The first-order valence-corrected chi connectivity index (χ1v) is 14.8. The van der Waals surface area contributed by atoms with E-state index in [1.165, 1.54) is 12.1 Å². The molecule has 240 valence electrons. The van der Waals surface area contributed by atoms with Gasteiger partial charge in [0.1, 0.15) is 18.1 Å². The van der Waals surface area contributed by atoms with Crippen molar-refractivity contribution in [3.8, 4) is 17.0 Å². The Morgan fingerprint density at radius 3 is 2.46 bits per heavy atom. The highest BCUT2D eigenvalue weighted by Gasteiger charge is 2.58. The molecule has 2 fully saturated rings. The van der Waals surface area contributed by atoms with Crippen LogP contribution in [0.15, 0.2) is 48.7 Å². The molecule has 0 radical (unpaired) electrons. The van der Waals surface area contributed by atoms with E-state index in [1.54, 1.807) is 12.1 Å². The normalized spacial score (nSPS) is 20.7. The summed E-state index contributed by atoms with van der Waals surface area (Å²) in [4.78, 5) is 29.5. The van der Waals surface area contributed by atoms with Gasteiger partial charge in [-0.3, -0.25) is 14.3 Å². The highest BCUT2D eigenvalue weighted by atomic mass is 19.4. The molecule has 9 nitrogen and oxygen atoms in total. The number of fused-ring (bicyclic) bond motifs is 2. The first-order valence-electron chi connectivity index (χ1n) is 14.8. The van der Waals surface area contributed by atoms with Gasteiger partial charge in [0.25, 0.3) is 17.5 Å². The highest BCUT2D eigenvalue weighted by Crippen LogP contribution is 2.48. The molecule has 0 saturated heterocycles. The molecule has 3 aliphatic rings. The SMILES string of the molecule is NC(=O)[C@@]1(F)COc2c1cc([C@@](O)(CNC(=O)c1cc(CC3CC3)c3nn(C4CC4)cc3c1)C(F)(F)F)nc2-c1ccc(F)cc1. The maximum atomic E-state index is 15.8. The van der Waals surface area contributed by atoms with Crippen molar-refractivity contribution in [2.45, 2.75) is 55.6 Å². The molecule has 4 aromatic rings. The second-order valence-corrected chi connectivity index (χ2v) is 12.3. The number of carbonyl (C=O) groups is 2. The van der Waals surface area contributed by atoms with Crippen molar-refractivity contribution in [2.24, 2.45) is 11.7 Å². The number of benzene rings is 2. The van der Waals surface area contributed by atoms with Gasteiger partial charge < -0.3 is 20.9 Å². The van der Waals surface area contributed by atoms with Crippen LogP contribution in [0.25, 0.3) is 22.2 Å². The molecule has 2 aromatic carbocycles. The van der Waals surface area contributed by atoms with E-state index in [2.05, 4.69) is 10.3 Å². The number of pyridine rings is 1. The molecular weight excluding hydrogens is 613 g/mol. The molecule has 14 heteroatoms. The number of nitrogens with two attached hydrogens (primary N) is 1. The zero-order valence-corrected chi connectivity index (χ0v) is 24.2. The number of carbonyl (C=O) groups excluding carboxylic acids is 2. The van der Waals surface area contributed by atoms with E-state index in [0.29, 0.717) is 23.8 Å². The molecule has 2 aliphatic carbocycles. The number of aliphatic hydroxyl groups is 1. The van der Waals surface area contributed by atoms with Gasteiger partial charge in [-0.2, -0.15) is 18.3 Å². The molecule has 0 bridgehead atoms. The van der Waals surface area contributed by atoms with Crippen LogP contribution in [-0.4, -0.2) is 51.0 Å². The minimum atomic E-state index is -5.45. The monoisotopic (exact) mass is 641 g/mol. The smallest absolute Gasteiger partial charge is 0.424 e. The predicted molar refractivity (Wildman–Crippen MR) is 154 cm³/mol. The summed E-state index contributed by atoms with van der Waals surface area (Å²) in [5.41, 5.74) is -2.17. The van der Waals surface area contributed by atoms with Crippen molar-refractivity contribution in [1.29, 1.82) is 0 Å². The van der Waals surface area contributed by atoms with Gasteiger partial charge in [-0.15, -0.1) is 0 Å². The summed E-state index contributed by atoms with van der Waals surface area (Å²) in [5.74, 6) is -3.02. The summed E-state index contributed by atoms with van der Waals surface area (Å²) in [6.45, 7) is -2.35. The van der Waals surface area contributed by atoms with Gasteiger partial charge in [0.05, 0.1) is 23.8 Å². The zero-order chi connectivity index (χ0) is 32.6. The predicted octanol–water partition coefficient (Wildman–Crippen LogP) is 4.75. The Hall–Kier alpha value is -4.59. The van der Waals surface area contributed by atoms with Gasteiger partial charge in [0.2, 0.25) is 5.60 Å². The number of halogens is 5. The van der Waals surface area contributed by atoms with Crippen LogP contribution >= 0.6 is 0 Å². The summed E-state index contributed by atoms with van der Waals surface area (Å²) < 4.78 is 80.8. The van der Waals surface area contributed by atoms with Crippen molar-refractivity contribution in [2.75, 3.05) is 13.2 Å². The first-order chi connectivity index (χ1) is 21.8. The van der Waals surface area contributed by atoms with Crippen LogP contribution in [0.3, 0.4) is 0 Å². The number of nitrogens with one attached hydrogen (secondary N) is 1. The number of alkyl halides is 4. The third-order valence-electron chi connectivity index (χ3n) is 8.81. The standard InChI is InChI=1S/C32H28F5N5O4/c33-21-5-3-17(4-6-21)26-27-23(30(34,15-46-27)29(38)44)12-24(40-26)31(45,32(35,36)37)14-39-28(43)19-10-18(9-16-1-2-16)25-20(11-19)13-42(41-25)22-7-8-22/h3-6,10-13,16,22,45H,1-2,7-9,14-15H2,(H2,38,44)(H,39,43)/t30-,31+/m1/s1. The molecular formula is C32H28F5N5O4. The fourth-order valence-electron chi connectivity index (χ4n) is 5.76. The summed E-state index contributed by atoms with van der Waals surface area (Å²) in [6.07, 6.45) is 1.10. The highest BCUT2D eigenvalue weighted by molar-refractivity contribution is 5.99. The minimum Gasteiger partial charge on any atom is -0.487 e. The second-order valence-electron chi connectivity index (χ2n) is 12.3. The van der Waals surface area contributed by atoms with Crippen LogP contribution in [0.5, 0.6) is 5.75 Å². The van der Waals surface area contributed by atoms with Gasteiger partial charge in [-0.25, -0.2) is 13.8 Å². The first kappa shape index (κ1) is 30.1. The molecule has 0 spiro atoms. The van der Waals surface area contributed by atoms with Gasteiger partial charge in [-0.1, -0.05) is 0 Å². The van der Waals surface area contributed by atoms with E-state index in [9.17, 15) is 32.3 Å². The lowest BCUT2D eigenvalue weighted by Gasteiger charge is -2.31. The fraction of sp³-hybridized carbons (Fsp3) is 0.375. The van der Waals surface area contributed by atoms with Gasteiger partial charge >= 0.3 is 6.18 Å². The van der Waals surface area contributed by atoms with Crippen LogP contribution in [0.2, 0.25) is 0 Å². The number of rotatable bonds is 9.